The summed E-state index contributed by atoms with van der Waals surface area (Å²) in [6, 6.07) is 0.843. The Balaban J connectivity index is 4.45. The summed E-state index contributed by atoms with van der Waals surface area (Å²) >= 11 is 0. The fourth-order valence-electron chi connectivity index (χ4n) is 1.78. The van der Waals surface area contributed by atoms with Gasteiger partial charge in [0.05, 0.1) is 0 Å². The second-order valence-corrected chi connectivity index (χ2v) is 6.84. The van der Waals surface area contributed by atoms with Gasteiger partial charge in [-0.05, 0) is 47.1 Å². The first-order valence-electron chi connectivity index (χ1n) is 6.91. The molecule has 4 nitrogen and oxygen atoms in total. The minimum Gasteiger partial charge on any atom is -0.374 e. The Hall–Kier alpha value is -0.203. The maximum atomic E-state index is 5.81. The van der Waals surface area contributed by atoms with Gasteiger partial charge in [-0.15, -0.1) is 0 Å². The average Bonchev–Trinajstić information content (AvgIpc) is 2.35. The number of nitrogens with two attached hydrogens (primary N) is 1. The quantitative estimate of drug-likeness (QED) is 0.465. The van der Waals surface area contributed by atoms with Crippen LogP contribution in [-0.4, -0.2) is 35.2 Å². The van der Waals surface area contributed by atoms with Gasteiger partial charge in [-0.3, -0.25) is 0 Å². The van der Waals surface area contributed by atoms with E-state index in [4.69, 9.17) is 19.0 Å². The van der Waals surface area contributed by atoms with Gasteiger partial charge in [-0.1, -0.05) is 11.6 Å². The summed E-state index contributed by atoms with van der Waals surface area (Å²) in [5, 5.41) is 0. The molecule has 0 spiro atoms. The van der Waals surface area contributed by atoms with Crippen LogP contribution in [0.1, 0.15) is 40.5 Å². The lowest BCUT2D eigenvalue weighted by molar-refractivity contribution is 0.0714. The minimum absolute atomic E-state index is 0.637. The Morgan fingerprint density at radius 3 is 1.94 bits per heavy atom. The Morgan fingerprint density at radius 1 is 1.06 bits per heavy atom. The molecule has 0 aromatic rings. The molecule has 0 heterocycles. The van der Waals surface area contributed by atoms with Crippen molar-refractivity contribution in [3.05, 3.63) is 11.6 Å². The van der Waals surface area contributed by atoms with Gasteiger partial charge in [0.1, 0.15) is 0 Å². The second kappa shape index (κ2) is 10.7. The van der Waals surface area contributed by atoms with Gasteiger partial charge in [0.15, 0.2) is 0 Å². The number of allylic oxidation sites excluding steroid dienone is 1. The topological polar surface area (TPSA) is 53.7 Å². The zero-order chi connectivity index (χ0) is 13.9. The van der Waals surface area contributed by atoms with Crippen LogP contribution < -0.4 is 5.73 Å². The Kier molecular flexibility index (Phi) is 10.6. The molecule has 0 bridgehead atoms. The molecule has 0 saturated carbocycles. The van der Waals surface area contributed by atoms with Crippen LogP contribution in [0.4, 0.5) is 0 Å². The van der Waals surface area contributed by atoms with E-state index >= 15 is 0 Å². The standard InChI is InChI=1S/C13H29NO3Si/c1-5-15-18(16-6-2,17-7-3)12-10-13(4)9-8-11-14/h9H,5-8,10-12,14H2,1-4H3. The van der Waals surface area contributed by atoms with Crippen LogP contribution in [0, 0.1) is 0 Å². The molecule has 0 aromatic carbocycles. The fraction of sp³-hybridized carbons (Fsp3) is 0.846. The van der Waals surface area contributed by atoms with E-state index in [1.54, 1.807) is 0 Å². The van der Waals surface area contributed by atoms with Gasteiger partial charge < -0.3 is 19.0 Å². The molecule has 5 heteroatoms. The van der Waals surface area contributed by atoms with Crippen LogP contribution in [0.2, 0.25) is 6.04 Å². The number of hydrogen-bond acceptors (Lipinski definition) is 4. The van der Waals surface area contributed by atoms with Crippen molar-refractivity contribution >= 4 is 8.80 Å². The highest BCUT2D eigenvalue weighted by Gasteiger charge is 2.39. The zero-order valence-corrected chi connectivity index (χ0v) is 13.3. The van der Waals surface area contributed by atoms with Crippen molar-refractivity contribution < 1.29 is 13.3 Å². The Morgan fingerprint density at radius 2 is 1.56 bits per heavy atom. The molecular formula is C13H29NO3Si. The van der Waals surface area contributed by atoms with Crippen molar-refractivity contribution in [3.63, 3.8) is 0 Å². The summed E-state index contributed by atoms with van der Waals surface area (Å²) < 4.78 is 17.4. The third-order valence-electron chi connectivity index (χ3n) is 2.58. The molecule has 0 atom stereocenters. The molecule has 0 aliphatic heterocycles. The van der Waals surface area contributed by atoms with Crippen molar-refractivity contribution in [2.24, 2.45) is 5.73 Å². The van der Waals surface area contributed by atoms with Gasteiger partial charge in [0.2, 0.25) is 0 Å². The third-order valence-corrected chi connectivity index (χ3v) is 5.63. The van der Waals surface area contributed by atoms with Crippen LogP contribution >= 0.6 is 0 Å². The highest BCUT2D eigenvalue weighted by atomic mass is 28.4. The van der Waals surface area contributed by atoms with E-state index in [0.717, 1.165) is 18.9 Å². The van der Waals surface area contributed by atoms with Crippen molar-refractivity contribution in [1.82, 2.24) is 0 Å². The fourth-order valence-corrected chi connectivity index (χ4v) is 4.49. The first kappa shape index (κ1) is 17.8. The van der Waals surface area contributed by atoms with Crippen LogP contribution in [-0.2, 0) is 13.3 Å². The molecule has 0 radical (unpaired) electrons. The zero-order valence-electron chi connectivity index (χ0n) is 12.3. The predicted molar refractivity (Wildman–Crippen MR) is 77.5 cm³/mol. The molecule has 0 aliphatic rings. The average molecular weight is 275 g/mol. The van der Waals surface area contributed by atoms with E-state index < -0.39 is 8.80 Å². The Bertz CT molecular complexity index is 217. The molecule has 0 amide bonds. The van der Waals surface area contributed by atoms with Gasteiger partial charge in [-0.2, -0.15) is 0 Å². The van der Waals surface area contributed by atoms with Gasteiger partial charge in [0, 0.05) is 25.9 Å². The Labute approximate surface area is 113 Å². The van der Waals surface area contributed by atoms with Gasteiger partial charge in [0.25, 0.3) is 0 Å². The highest BCUT2D eigenvalue weighted by molar-refractivity contribution is 6.60. The van der Waals surface area contributed by atoms with Crippen LogP contribution in [0.15, 0.2) is 11.6 Å². The van der Waals surface area contributed by atoms with Crippen molar-refractivity contribution in [2.45, 2.75) is 46.6 Å². The van der Waals surface area contributed by atoms with Crippen molar-refractivity contribution in [3.8, 4) is 0 Å². The highest BCUT2D eigenvalue weighted by Crippen LogP contribution is 2.21. The molecule has 0 rings (SSSR count). The largest absolute Gasteiger partial charge is 0.501 e. The van der Waals surface area contributed by atoms with E-state index in [-0.39, 0.29) is 0 Å². The van der Waals surface area contributed by atoms with Crippen LogP contribution in [0.5, 0.6) is 0 Å². The summed E-state index contributed by atoms with van der Waals surface area (Å²) in [7, 11) is -2.47. The van der Waals surface area contributed by atoms with Crippen molar-refractivity contribution in [2.75, 3.05) is 26.4 Å². The third kappa shape index (κ3) is 7.28. The normalized spacial score (nSPS) is 13.1. The summed E-state index contributed by atoms with van der Waals surface area (Å²) in [5.74, 6) is 0. The van der Waals surface area contributed by atoms with E-state index in [0.29, 0.717) is 26.4 Å². The smallest absolute Gasteiger partial charge is 0.374 e. The van der Waals surface area contributed by atoms with E-state index in [9.17, 15) is 0 Å². The molecule has 0 aliphatic carbocycles. The minimum atomic E-state index is -2.47. The lowest BCUT2D eigenvalue weighted by Crippen LogP contribution is -2.45. The van der Waals surface area contributed by atoms with Crippen molar-refractivity contribution in [1.29, 1.82) is 0 Å². The summed E-state index contributed by atoms with van der Waals surface area (Å²) in [6.07, 6.45) is 4.06. The second-order valence-electron chi connectivity index (χ2n) is 4.11. The van der Waals surface area contributed by atoms with E-state index in [1.165, 1.54) is 5.57 Å². The molecule has 0 unspecified atom stereocenters. The maximum Gasteiger partial charge on any atom is 0.501 e. The lowest BCUT2D eigenvalue weighted by Gasteiger charge is -2.28. The SMILES string of the molecule is CCO[Si](CCC(C)=CCCN)(OCC)OCC. The van der Waals surface area contributed by atoms with E-state index in [1.807, 2.05) is 20.8 Å². The van der Waals surface area contributed by atoms with Crippen LogP contribution in [0.25, 0.3) is 0 Å². The monoisotopic (exact) mass is 275 g/mol. The molecule has 0 saturated heterocycles. The summed E-state index contributed by atoms with van der Waals surface area (Å²) in [5.41, 5.74) is 6.82. The molecule has 0 fully saturated rings. The van der Waals surface area contributed by atoms with Crippen LogP contribution in [0.3, 0.4) is 0 Å². The van der Waals surface area contributed by atoms with Gasteiger partial charge >= 0.3 is 8.80 Å². The molecular weight excluding hydrogens is 246 g/mol. The molecule has 18 heavy (non-hydrogen) atoms. The lowest BCUT2D eigenvalue weighted by atomic mass is 10.2. The summed E-state index contributed by atoms with van der Waals surface area (Å²) in [6.45, 7) is 10.7. The van der Waals surface area contributed by atoms with E-state index in [2.05, 4.69) is 13.0 Å². The number of rotatable bonds is 11. The van der Waals surface area contributed by atoms with Gasteiger partial charge in [-0.25, -0.2) is 0 Å². The molecule has 108 valence electrons. The summed E-state index contributed by atoms with van der Waals surface area (Å²) in [4.78, 5) is 0. The molecule has 0 aromatic heterocycles. The number of hydrogen-bond donors (Lipinski definition) is 1. The predicted octanol–water partition coefficient (Wildman–Crippen LogP) is 2.72. The first-order chi connectivity index (χ1) is 8.64. The first-order valence-corrected chi connectivity index (χ1v) is 8.84. The maximum absolute atomic E-state index is 5.81. The molecule has 2 N–H and O–H groups in total.